The maximum absolute atomic E-state index is 11.7. The third-order valence-electron chi connectivity index (χ3n) is 3.18. The lowest BCUT2D eigenvalue weighted by Crippen LogP contribution is -2.16. The first-order valence-electron chi connectivity index (χ1n) is 7.47. The molecule has 3 rings (SSSR count). The number of carbonyl (C=O) groups is 1. The van der Waals surface area contributed by atoms with Gasteiger partial charge in [0, 0.05) is 5.56 Å². The van der Waals surface area contributed by atoms with Crippen LogP contribution in [0.3, 0.4) is 0 Å². The first-order valence-corrected chi connectivity index (χ1v) is 7.47. The zero-order chi connectivity index (χ0) is 16.2. The Morgan fingerprint density at radius 2 is 2.09 bits per heavy atom. The Hall–Kier alpha value is -2.89. The fourth-order valence-electron chi connectivity index (χ4n) is 2.10. The molecule has 0 saturated heterocycles. The molecule has 2 heterocycles. The van der Waals surface area contributed by atoms with E-state index >= 15 is 0 Å². The van der Waals surface area contributed by atoms with Gasteiger partial charge in [-0.1, -0.05) is 44.2 Å². The number of amides is 1. The van der Waals surface area contributed by atoms with Crippen LogP contribution in [-0.2, 0) is 4.74 Å². The van der Waals surface area contributed by atoms with E-state index in [0.29, 0.717) is 23.9 Å². The van der Waals surface area contributed by atoms with Crippen molar-refractivity contribution in [3.05, 3.63) is 42.6 Å². The van der Waals surface area contributed by atoms with Crippen molar-refractivity contribution in [2.24, 2.45) is 5.92 Å². The number of aromatic nitrogens is 3. The van der Waals surface area contributed by atoms with Crippen LogP contribution in [0.5, 0.6) is 0 Å². The molecule has 2 N–H and O–H groups in total. The summed E-state index contributed by atoms with van der Waals surface area (Å²) in [4.78, 5) is 23.6. The fraction of sp³-hybridized carbons (Fsp3) is 0.235. The lowest BCUT2D eigenvalue weighted by Gasteiger charge is -2.08. The van der Waals surface area contributed by atoms with Crippen LogP contribution >= 0.6 is 0 Å². The molecule has 2 aromatic heterocycles. The number of aromatic amines is 1. The van der Waals surface area contributed by atoms with Crippen LogP contribution in [0.4, 0.5) is 10.5 Å². The van der Waals surface area contributed by atoms with Crippen LogP contribution in [0.15, 0.2) is 42.6 Å². The summed E-state index contributed by atoms with van der Waals surface area (Å²) in [7, 11) is 0. The van der Waals surface area contributed by atoms with Gasteiger partial charge in [-0.2, -0.15) is 0 Å². The highest BCUT2D eigenvalue weighted by atomic mass is 16.5. The molecule has 0 aliphatic rings. The van der Waals surface area contributed by atoms with E-state index in [1.165, 1.54) is 0 Å². The maximum atomic E-state index is 11.7. The zero-order valence-electron chi connectivity index (χ0n) is 13.0. The lowest BCUT2D eigenvalue weighted by atomic mass is 10.2. The number of fused-ring (bicyclic) bond motifs is 1. The number of imidazole rings is 1. The Kier molecular flexibility index (Phi) is 4.23. The number of hydrogen-bond donors (Lipinski definition) is 2. The van der Waals surface area contributed by atoms with Crippen molar-refractivity contribution >= 4 is 22.9 Å². The second-order valence-electron chi connectivity index (χ2n) is 5.66. The first kappa shape index (κ1) is 15.0. The van der Waals surface area contributed by atoms with Gasteiger partial charge in [0.1, 0.15) is 5.82 Å². The van der Waals surface area contributed by atoms with Crippen molar-refractivity contribution in [3.63, 3.8) is 0 Å². The van der Waals surface area contributed by atoms with Crippen molar-refractivity contribution in [1.29, 1.82) is 0 Å². The number of anilines is 1. The highest BCUT2D eigenvalue weighted by Gasteiger charge is 2.09. The molecule has 0 aliphatic carbocycles. The largest absolute Gasteiger partial charge is 0.449 e. The number of rotatable bonds is 4. The van der Waals surface area contributed by atoms with Crippen LogP contribution in [0.1, 0.15) is 13.8 Å². The molecule has 23 heavy (non-hydrogen) atoms. The molecule has 6 nitrogen and oxygen atoms in total. The minimum Gasteiger partial charge on any atom is -0.449 e. The number of pyridine rings is 1. The summed E-state index contributed by atoms with van der Waals surface area (Å²) >= 11 is 0. The predicted octanol–water partition coefficient (Wildman–Crippen LogP) is 3.83. The summed E-state index contributed by atoms with van der Waals surface area (Å²) in [6, 6.07) is 11.6. The molecule has 6 heteroatoms. The van der Waals surface area contributed by atoms with Gasteiger partial charge in [0.25, 0.3) is 0 Å². The van der Waals surface area contributed by atoms with E-state index in [1.807, 2.05) is 44.2 Å². The zero-order valence-corrected chi connectivity index (χ0v) is 13.0. The summed E-state index contributed by atoms with van der Waals surface area (Å²) in [5, 5.41) is 2.67. The summed E-state index contributed by atoms with van der Waals surface area (Å²) in [5.41, 5.74) is 2.90. The quantitative estimate of drug-likeness (QED) is 0.767. The predicted molar refractivity (Wildman–Crippen MR) is 89.1 cm³/mol. The SMILES string of the molecule is CC(C)COC(=O)Nc1cnc2nc(-c3ccccc3)[nH]c2c1. The minimum atomic E-state index is -0.484. The van der Waals surface area contributed by atoms with E-state index in [1.54, 1.807) is 12.3 Å². The molecule has 1 amide bonds. The Bertz CT molecular complexity index is 812. The van der Waals surface area contributed by atoms with Crippen molar-refractivity contribution in [1.82, 2.24) is 15.0 Å². The average molecular weight is 310 g/mol. The summed E-state index contributed by atoms with van der Waals surface area (Å²) in [6.45, 7) is 4.34. The Morgan fingerprint density at radius 1 is 1.30 bits per heavy atom. The molecule has 1 aromatic carbocycles. The molecule has 0 fully saturated rings. The molecule has 0 bridgehead atoms. The van der Waals surface area contributed by atoms with Gasteiger partial charge in [-0.25, -0.2) is 14.8 Å². The van der Waals surface area contributed by atoms with E-state index in [2.05, 4.69) is 20.3 Å². The number of nitrogens with zero attached hydrogens (tertiary/aromatic N) is 2. The van der Waals surface area contributed by atoms with Crippen molar-refractivity contribution < 1.29 is 9.53 Å². The smallest absolute Gasteiger partial charge is 0.411 e. The molecule has 0 spiro atoms. The highest BCUT2D eigenvalue weighted by Crippen LogP contribution is 2.21. The Labute approximate surface area is 133 Å². The fourth-order valence-corrected chi connectivity index (χ4v) is 2.10. The van der Waals surface area contributed by atoms with Gasteiger partial charge in [-0.3, -0.25) is 5.32 Å². The number of H-pyrrole nitrogens is 1. The lowest BCUT2D eigenvalue weighted by molar-refractivity contribution is 0.147. The van der Waals surface area contributed by atoms with E-state index in [4.69, 9.17) is 4.74 Å². The summed E-state index contributed by atoms with van der Waals surface area (Å²) < 4.78 is 5.09. The van der Waals surface area contributed by atoms with Gasteiger partial charge >= 0.3 is 6.09 Å². The summed E-state index contributed by atoms with van der Waals surface area (Å²) in [6.07, 6.45) is 1.08. The monoisotopic (exact) mass is 310 g/mol. The topological polar surface area (TPSA) is 79.9 Å². The number of nitrogens with one attached hydrogen (secondary N) is 2. The minimum absolute atomic E-state index is 0.294. The van der Waals surface area contributed by atoms with Gasteiger partial charge in [0.05, 0.1) is 24.0 Å². The molecule has 0 saturated carbocycles. The molecule has 0 aliphatic heterocycles. The molecule has 0 atom stereocenters. The van der Waals surface area contributed by atoms with Crippen LogP contribution in [0, 0.1) is 5.92 Å². The van der Waals surface area contributed by atoms with Crippen molar-refractivity contribution in [3.8, 4) is 11.4 Å². The van der Waals surface area contributed by atoms with Gasteiger partial charge in [0.15, 0.2) is 5.65 Å². The second kappa shape index (κ2) is 6.48. The second-order valence-corrected chi connectivity index (χ2v) is 5.66. The van der Waals surface area contributed by atoms with Crippen molar-refractivity contribution in [2.75, 3.05) is 11.9 Å². The van der Waals surface area contributed by atoms with E-state index in [9.17, 15) is 4.79 Å². The average Bonchev–Trinajstić information content (AvgIpc) is 2.97. The molecular formula is C17H18N4O2. The normalized spacial score (nSPS) is 10.9. The Morgan fingerprint density at radius 3 is 2.83 bits per heavy atom. The summed E-state index contributed by atoms with van der Waals surface area (Å²) in [5.74, 6) is 1.04. The molecular weight excluding hydrogens is 292 g/mol. The Balaban J connectivity index is 1.78. The molecule has 0 unspecified atom stereocenters. The standard InChI is InChI=1S/C17H18N4O2/c1-11(2)10-23-17(22)19-13-8-14-16(18-9-13)21-15(20-14)12-6-4-3-5-7-12/h3-9,11H,10H2,1-2H3,(H,19,22)(H,18,20,21). The van der Waals surface area contributed by atoms with Gasteiger partial charge in [-0.05, 0) is 12.0 Å². The first-order chi connectivity index (χ1) is 11.1. The van der Waals surface area contributed by atoms with E-state index in [-0.39, 0.29) is 0 Å². The third-order valence-corrected chi connectivity index (χ3v) is 3.18. The van der Waals surface area contributed by atoms with Gasteiger partial charge < -0.3 is 9.72 Å². The van der Waals surface area contributed by atoms with Crippen LogP contribution in [0.25, 0.3) is 22.6 Å². The van der Waals surface area contributed by atoms with Crippen LogP contribution in [-0.4, -0.2) is 27.7 Å². The van der Waals surface area contributed by atoms with E-state index in [0.717, 1.165) is 16.9 Å². The molecule has 118 valence electrons. The van der Waals surface area contributed by atoms with Gasteiger partial charge in [-0.15, -0.1) is 0 Å². The highest BCUT2D eigenvalue weighted by molar-refractivity contribution is 5.87. The number of carbonyl (C=O) groups excluding carboxylic acids is 1. The van der Waals surface area contributed by atoms with Crippen molar-refractivity contribution in [2.45, 2.75) is 13.8 Å². The maximum Gasteiger partial charge on any atom is 0.411 e. The molecule has 0 radical (unpaired) electrons. The van der Waals surface area contributed by atoms with Gasteiger partial charge in [0.2, 0.25) is 0 Å². The van der Waals surface area contributed by atoms with Crippen LogP contribution in [0.2, 0.25) is 0 Å². The number of ether oxygens (including phenoxy) is 1. The number of benzene rings is 1. The van der Waals surface area contributed by atoms with E-state index < -0.39 is 6.09 Å². The molecule has 3 aromatic rings. The van der Waals surface area contributed by atoms with Crippen LogP contribution < -0.4 is 5.32 Å². The number of hydrogen-bond acceptors (Lipinski definition) is 4. The third kappa shape index (κ3) is 3.66.